The molecular formula is C12H19N6O-. The van der Waals surface area contributed by atoms with E-state index >= 15 is 0 Å². The third-order valence-corrected chi connectivity index (χ3v) is 3.56. The largest absolute Gasteiger partial charge is 0.756 e. The topological polar surface area (TPSA) is 79.4 Å². The highest BCUT2D eigenvalue weighted by Gasteiger charge is 2.14. The molecule has 1 aromatic rings. The molecule has 7 heteroatoms. The molecule has 0 aliphatic carbocycles. The van der Waals surface area contributed by atoms with Crippen LogP contribution in [0, 0.1) is 5.21 Å². The van der Waals surface area contributed by atoms with Gasteiger partial charge in [-0.1, -0.05) is 0 Å². The third kappa shape index (κ3) is 2.94. The minimum Gasteiger partial charge on any atom is -0.756 e. The highest BCUT2D eigenvalue weighted by Crippen LogP contribution is 2.20. The lowest BCUT2D eigenvalue weighted by molar-refractivity contribution is 0.352. The van der Waals surface area contributed by atoms with Crippen LogP contribution in [0.5, 0.6) is 0 Å². The second-order valence-corrected chi connectivity index (χ2v) is 4.98. The molecule has 2 aliphatic heterocycles. The van der Waals surface area contributed by atoms with Crippen LogP contribution in [-0.4, -0.2) is 47.7 Å². The first-order valence-corrected chi connectivity index (χ1v) is 6.80. The summed E-state index contributed by atoms with van der Waals surface area (Å²) in [6.45, 7) is 5.14. The van der Waals surface area contributed by atoms with Crippen LogP contribution >= 0.6 is 0 Å². The molecule has 1 aromatic heterocycles. The fourth-order valence-electron chi connectivity index (χ4n) is 2.52. The van der Waals surface area contributed by atoms with Gasteiger partial charge in [0.05, 0.1) is 6.67 Å². The van der Waals surface area contributed by atoms with Crippen LogP contribution in [0.4, 0.5) is 11.8 Å². The third-order valence-electron chi connectivity index (χ3n) is 3.56. The van der Waals surface area contributed by atoms with Gasteiger partial charge in [0.1, 0.15) is 5.82 Å². The van der Waals surface area contributed by atoms with E-state index in [1.165, 1.54) is 25.9 Å². The quantitative estimate of drug-likeness (QED) is 0.811. The zero-order valence-electron chi connectivity index (χ0n) is 10.9. The van der Waals surface area contributed by atoms with Crippen molar-refractivity contribution in [3.8, 4) is 0 Å². The molecule has 2 aliphatic rings. The van der Waals surface area contributed by atoms with Gasteiger partial charge in [-0.05, 0) is 25.9 Å². The second kappa shape index (κ2) is 5.68. The molecule has 3 rings (SSSR count). The number of aromatic nitrogens is 2. The van der Waals surface area contributed by atoms with Crippen molar-refractivity contribution in [3.05, 3.63) is 17.0 Å². The number of hydrogen-bond donors (Lipinski definition) is 2. The van der Waals surface area contributed by atoms with Gasteiger partial charge in [-0.25, -0.2) is 4.98 Å². The van der Waals surface area contributed by atoms with Gasteiger partial charge in [-0.15, -0.1) is 0 Å². The summed E-state index contributed by atoms with van der Waals surface area (Å²) in [5.41, 5.74) is 0.853. The maximum atomic E-state index is 11.6. The first kappa shape index (κ1) is 12.6. The summed E-state index contributed by atoms with van der Waals surface area (Å²) in [7, 11) is 0. The SMILES string of the molecule is [O-]N1CNCc2cnc(NCCN3CCCC3)nc21. The summed E-state index contributed by atoms with van der Waals surface area (Å²) in [5, 5.41) is 18.7. The van der Waals surface area contributed by atoms with E-state index < -0.39 is 0 Å². The van der Waals surface area contributed by atoms with Gasteiger partial charge in [0.25, 0.3) is 0 Å². The Morgan fingerprint density at radius 3 is 3.05 bits per heavy atom. The smallest absolute Gasteiger partial charge is 0.224 e. The van der Waals surface area contributed by atoms with Crippen molar-refractivity contribution in [2.75, 3.05) is 43.2 Å². The number of fused-ring (bicyclic) bond motifs is 1. The Bertz CT molecular complexity index is 434. The van der Waals surface area contributed by atoms with E-state index in [9.17, 15) is 5.21 Å². The van der Waals surface area contributed by atoms with Gasteiger partial charge in [0.2, 0.25) is 5.95 Å². The lowest BCUT2D eigenvalue weighted by atomic mass is 10.3. The lowest BCUT2D eigenvalue weighted by Crippen LogP contribution is -2.36. The number of rotatable bonds is 4. The molecule has 0 saturated carbocycles. The summed E-state index contributed by atoms with van der Waals surface area (Å²) in [5.74, 6) is 1.03. The average molecular weight is 263 g/mol. The minimum atomic E-state index is 0.289. The van der Waals surface area contributed by atoms with Crippen molar-refractivity contribution in [2.45, 2.75) is 19.4 Å². The van der Waals surface area contributed by atoms with Crippen LogP contribution in [0.25, 0.3) is 0 Å². The zero-order valence-corrected chi connectivity index (χ0v) is 10.9. The average Bonchev–Trinajstić information content (AvgIpc) is 2.93. The van der Waals surface area contributed by atoms with Gasteiger partial charge in [0, 0.05) is 31.4 Å². The Morgan fingerprint density at radius 2 is 2.21 bits per heavy atom. The number of anilines is 2. The van der Waals surface area contributed by atoms with Gasteiger partial charge in [-0.2, -0.15) is 4.98 Å². The van der Waals surface area contributed by atoms with Crippen molar-refractivity contribution in [3.63, 3.8) is 0 Å². The van der Waals surface area contributed by atoms with Crippen molar-refractivity contribution < 1.29 is 0 Å². The monoisotopic (exact) mass is 263 g/mol. The molecule has 1 fully saturated rings. The summed E-state index contributed by atoms with van der Waals surface area (Å²) in [6, 6.07) is 0. The van der Waals surface area contributed by atoms with Gasteiger partial charge >= 0.3 is 0 Å². The molecule has 0 unspecified atom stereocenters. The van der Waals surface area contributed by atoms with Crippen LogP contribution in [0.2, 0.25) is 0 Å². The number of likely N-dealkylation sites (tertiary alicyclic amines) is 1. The van der Waals surface area contributed by atoms with E-state index in [-0.39, 0.29) is 6.67 Å². The van der Waals surface area contributed by atoms with Crippen molar-refractivity contribution >= 4 is 11.8 Å². The van der Waals surface area contributed by atoms with Crippen LogP contribution < -0.4 is 15.7 Å². The highest BCUT2D eigenvalue weighted by atomic mass is 16.5. The molecule has 0 aromatic carbocycles. The van der Waals surface area contributed by atoms with Crippen molar-refractivity contribution in [2.24, 2.45) is 0 Å². The summed E-state index contributed by atoms with van der Waals surface area (Å²) in [4.78, 5) is 11.0. The van der Waals surface area contributed by atoms with Crippen molar-refractivity contribution in [1.29, 1.82) is 0 Å². The van der Waals surface area contributed by atoms with E-state index in [0.29, 0.717) is 18.3 Å². The van der Waals surface area contributed by atoms with E-state index in [2.05, 4.69) is 25.5 Å². The fourth-order valence-corrected chi connectivity index (χ4v) is 2.52. The number of nitrogens with one attached hydrogen (secondary N) is 2. The Balaban J connectivity index is 1.57. The minimum absolute atomic E-state index is 0.289. The number of hydroxylamine groups is 1. The molecule has 0 amide bonds. The molecule has 0 atom stereocenters. The normalized spacial score (nSPS) is 19.5. The van der Waals surface area contributed by atoms with Crippen LogP contribution in [-0.2, 0) is 6.54 Å². The van der Waals surface area contributed by atoms with E-state index in [1.807, 2.05) is 0 Å². The number of hydrogen-bond acceptors (Lipinski definition) is 7. The van der Waals surface area contributed by atoms with Gasteiger partial charge < -0.3 is 20.5 Å². The Kier molecular flexibility index (Phi) is 3.77. The molecule has 0 bridgehead atoms. The molecule has 3 heterocycles. The molecule has 0 spiro atoms. The number of nitrogens with zero attached hydrogens (tertiary/aromatic N) is 4. The van der Waals surface area contributed by atoms with Crippen molar-refractivity contribution in [1.82, 2.24) is 20.2 Å². The van der Waals surface area contributed by atoms with Crippen LogP contribution in [0.3, 0.4) is 0 Å². The molecule has 19 heavy (non-hydrogen) atoms. The summed E-state index contributed by atoms with van der Waals surface area (Å²) < 4.78 is 0. The van der Waals surface area contributed by atoms with Gasteiger partial charge in [0.15, 0.2) is 0 Å². The van der Waals surface area contributed by atoms with E-state index in [4.69, 9.17) is 0 Å². The van der Waals surface area contributed by atoms with Gasteiger partial charge in [-0.3, -0.25) is 5.32 Å². The van der Waals surface area contributed by atoms with E-state index in [0.717, 1.165) is 23.7 Å². The molecular weight excluding hydrogens is 244 g/mol. The first-order valence-electron chi connectivity index (χ1n) is 6.80. The zero-order chi connectivity index (χ0) is 13.1. The summed E-state index contributed by atoms with van der Waals surface area (Å²) in [6.07, 6.45) is 4.32. The molecule has 1 saturated heterocycles. The maximum Gasteiger partial charge on any atom is 0.224 e. The molecule has 0 radical (unpaired) electrons. The van der Waals surface area contributed by atoms with E-state index in [1.54, 1.807) is 6.20 Å². The first-order chi connectivity index (χ1) is 9.33. The predicted molar refractivity (Wildman–Crippen MR) is 73.7 cm³/mol. The predicted octanol–water partition coefficient (Wildman–Crippen LogP) is 0.349. The highest BCUT2D eigenvalue weighted by molar-refractivity contribution is 5.51. The Morgan fingerprint density at radius 1 is 1.37 bits per heavy atom. The Hall–Kier alpha value is -1.44. The summed E-state index contributed by atoms with van der Waals surface area (Å²) >= 11 is 0. The maximum absolute atomic E-state index is 11.6. The molecule has 2 N–H and O–H groups in total. The second-order valence-electron chi connectivity index (χ2n) is 4.98. The molecule has 104 valence electrons. The fraction of sp³-hybridized carbons (Fsp3) is 0.667. The Labute approximate surface area is 112 Å². The lowest BCUT2D eigenvalue weighted by Gasteiger charge is -2.35. The van der Waals surface area contributed by atoms with Crippen LogP contribution in [0.1, 0.15) is 18.4 Å². The van der Waals surface area contributed by atoms with Crippen LogP contribution in [0.15, 0.2) is 6.20 Å². The standard InChI is InChI=1S/C12H19N6O/c19-18-9-13-7-10-8-15-12(16-11(10)18)14-3-6-17-4-1-2-5-17/h8,13H,1-7,9H2,(H,14,15,16)/q-1. The molecule has 7 nitrogen and oxygen atoms in total.